The molecule has 4 aromatic carbocycles. The van der Waals surface area contributed by atoms with Crippen LogP contribution in [0.15, 0.2) is 108 Å². The number of sulfonamides is 1. The summed E-state index contributed by atoms with van der Waals surface area (Å²) >= 11 is 5.88. The van der Waals surface area contributed by atoms with Crippen molar-refractivity contribution in [1.29, 1.82) is 0 Å². The number of carbonyl (C=O) groups excluding carboxylic acids is 2. The molecule has 0 bridgehead atoms. The van der Waals surface area contributed by atoms with E-state index in [4.69, 9.17) is 11.6 Å². The highest BCUT2D eigenvalue weighted by atomic mass is 35.5. The van der Waals surface area contributed by atoms with Crippen molar-refractivity contribution < 1.29 is 31.2 Å². The Labute approximate surface area is 284 Å². The van der Waals surface area contributed by atoms with Gasteiger partial charge in [0.15, 0.2) is 0 Å². The van der Waals surface area contributed by atoms with Crippen LogP contribution in [0.1, 0.15) is 43.0 Å². The Hall–Kier alpha value is -4.35. The van der Waals surface area contributed by atoms with Crippen molar-refractivity contribution in [2.75, 3.05) is 10.8 Å². The molecule has 1 atom stereocenters. The number of benzene rings is 4. The first-order chi connectivity index (χ1) is 22.5. The van der Waals surface area contributed by atoms with Gasteiger partial charge in [-0.05, 0) is 74.7 Å². The fourth-order valence-electron chi connectivity index (χ4n) is 5.11. The van der Waals surface area contributed by atoms with Gasteiger partial charge in [-0.2, -0.15) is 13.2 Å². The molecule has 0 saturated heterocycles. The summed E-state index contributed by atoms with van der Waals surface area (Å²) in [5, 5.41) is 2.32. The summed E-state index contributed by atoms with van der Waals surface area (Å²) in [6, 6.07) is 24.9. The molecular weight excluding hydrogens is 663 g/mol. The van der Waals surface area contributed by atoms with Gasteiger partial charge in [-0.3, -0.25) is 13.9 Å². The number of aryl methyl sites for hydroxylation is 1. The molecule has 0 fully saturated rings. The minimum atomic E-state index is -4.90. The van der Waals surface area contributed by atoms with Crippen LogP contribution in [0.4, 0.5) is 18.9 Å². The molecule has 0 aliphatic heterocycles. The van der Waals surface area contributed by atoms with E-state index in [1.165, 1.54) is 29.2 Å². The number of rotatable bonds is 11. The summed E-state index contributed by atoms with van der Waals surface area (Å²) < 4.78 is 70.7. The quantitative estimate of drug-likeness (QED) is 0.177. The molecule has 0 radical (unpaired) electrons. The lowest BCUT2D eigenvalue weighted by Crippen LogP contribution is -2.56. The summed E-state index contributed by atoms with van der Waals surface area (Å²) in [5.74, 6) is -1.28. The first kappa shape index (κ1) is 36.5. The van der Waals surface area contributed by atoms with Gasteiger partial charge >= 0.3 is 6.18 Å². The van der Waals surface area contributed by atoms with Crippen LogP contribution in [0.3, 0.4) is 0 Å². The van der Waals surface area contributed by atoms with Crippen molar-refractivity contribution in [2.45, 2.75) is 63.3 Å². The molecule has 4 aromatic rings. The van der Waals surface area contributed by atoms with Crippen molar-refractivity contribution in [3.8, 4) is 0 Å². The fourth-order valence-corrected chi connectivity index (χ4v) is 6.76. The largest absolute Gasteiger partial charge is 0.417 e. The normalized spacial score (nSPS) is 12.7. The lowest BCUT2D eigenvalue weighted by molar-refractivity contribution is -0.140. The van der Waals surface area contributed by atoms with Gasteiger partial charge in [-0.1, -0.05) is 84.4 Å². The minimum absolute atomic E-state index is 0.0752. The van der Waals surface area contributed by atoms with Crippen LogP contribution >= 0.6 is 11.6 Å². The Morgan fingerprint density at radius 3 is 2.02 bits per heavy atom. The van der Waals surface area contributed by atoms with E-state index in [2.05, 4.69) is 5.32 Å². The van der Waals surface area contributed by atoms with E-state index < -0.39 is 62.4 Å². The van der Waals surface area contributed by atoms with Crippen LogP contribution in [-0.2, 0) is 38.8 Å². The van der Waals surface area contributed by atoms with Gasteiger partial charge in [-0.25, -0.2) is 8.42 Å². The number of hydrogen-bond donors (Lipinski definition) is 1. The topological polar surface area (TPSA) is 86.8 Å². The number of nitrogens with zero attached hydrogens (tertiary/aromatic N) is 2. The van der Waals surface area contributed by atoms with Gasteiger partial charge < -0.3 is 10.2 Å². The highest BCUT2D eigenvalue weighted by Gasteiger charge is 2.38. The van der Waals surface area contributed by atoms with Crippen LogP contribution < -0.4 is 9.62 Å². The molecular formula is C36H37ClF3N3O4S. The minimum Gasteiger partial charge on any atom is -0.350 e. The molecule has 0 aromatic heterocycles. The summed E-state index contributed by atoms with van der Waals surface area (Å²) in [4.78, 5) is 29.6. The molecule has 0 unspecified atom stereocenters. The molecule has 0 heterocycles. The highest BCUT2D eigenvalue weighted by molar-refractivity contribution is 7.92. The summed E-state index contributed by atoms with van der Waals surface area (Å²) in [7, 11) is -4.60. The second-order valence-electron chi connectivity index (χ2n) is 12.4. The number of halogens is 4. The number of nitrogens with one attached hydrogen (secondary N) is 1. The Balaban J connectivity index is 1.88. The van der Waals surface area contributed by atoms with Crippen molar-refractivity contribution in [3.05, 3.63) is 130 Å². The second-order valence-corrected chi connectivity index (χ2v) is 14.6. The molecule has 254 valence electrons. The number of amides is 2. The summed E-state index contributed by atoms with van der Waals surface area (Å²) in [5.41, 5.74) is -0.0784. The van der Waals surface area contributed by atoms with E-state index in [0.717, 1.165) is 23.3 Å². The second kappa shape index (κ2) is 14.8. The summed E-state index contributed by atoms with van der Waals surface area (Å²) in [6.45, 7) is 6.25. The average Bonchev–Trinajstić information content (AvgIpc) is 3.02. The predicted molar refractivity (Wildman–Crippen MR) is 181 cm³/mol. The molecule has 12 heteroatoms. The lowest BCUT2D eigenvalue weighted by Gasteiger charge is -2.35. The zero-order valence-electron chi connectivity index (χ0n) is 27.0. The Kier molecular flexibility index (Phi) is 11.3. The maximum atomic E-state index is 14.6. The molecule has 0 aliphatic rings. The van der Waals surface area contributed by atoms with E-state index in [1.807, 2.05) is 37.3 Å². The van der Waals surface area contributed by atoms with Crippen LogP contribution in [0.25, 0.3) is 0 Å². The SMILES string of the molecule is Cc1ccccc1CN(C(=O)CN(c1ccc(Cl)c(C(F)(F)F)c1)S(=O)(=O)c1ccccc1)[C@@H](Cc1ccccc1)C(=O)NC(C)(C)C. The maximum Gasteiger partial charge on any atom is 0.417 e. The molecule has 7 nitrogen and oxygen atoms in total. The highest BCUT2D eigenvalue weighted by Crippen LogP contribution is 2.38. The van der Waals surface area contributed by atoms with Gasteiger partial charge in [0.1, 0.15) is 12.6 Å². The van der Waals surface area contributed by atoms with Crippen molar-refractivity contribution >= 4 is 39.1 Å². The molecule has 0 aliphatic carbocycles. The van der Waals surface area contributed by atoms with E-state index in [9.17, 15) is 31.2 Å². The third kappa shape index (κ3) is 9.17. The Bertz CT molecular complexity index is 1850. The molecule has 0 spiro atoms. The van der Waals surface area contributed by atoms with Gasteiger partial charge in [0, 0.05) is 18.5 Å². The number of alkyl halides is 3. The van der Waals surface area contributed by atoms with Crippen molar-refractivity contribution in [1.82, 2.24) is 10.2 Å². The standard InChI is InChI=1S/C36H37ClF3N3O4S/c1-25-13-11-12-16-27(25)23-42(32(34(45)41-35(2,3)4)21-26-14-7-5-8-15-26)33(44)24-43(48(46,47)29-17-9-6-10-18-29)28-19-20-31(37)30(22-28)36(38,39)40/h5-20,22,32H,21,23-24H2,1-4H3,(H,41,45)/t32-/m0/s1. The molecule has 2 amide bonds. The van der Waals surface area contributed by atoms with Gasteiger partial charge in [0.05, 0.1) is 21.2 Å². The van der Waals surface area contributed by atoms with Crippen LogP contribution in [-0.4, -0.2) is 43.3 Å². The first-order valence-electron chi connectivity index (χ1n) is 15.1. The van der Waals surface area contributed by atoms with Crippen LogP contribution in [0.5, 0.6) is 0 Å². The Morgan fingerprint density at radius 2 is 1.44 bits per heavy atom. The average molecular weight is 700 g/mol. The molecule has 1 N–H and O–H groups in total. The number of anilines is 1. The van der Waals surface area contributed by atoms with Gasteiger partial charge in [0.2, 0.25) is 11.8 Å². The molecule has 48 heavy (non-hydrogen) atoms. The third-order valence-corrected chi connectivity index (χ3v) is 9.64. The van der Waals surface area contributed by atoms with Gasteiger partial charge in [-0.15, -0.1) is 0 Å². The predicted octanol–water partition coefficient (Wildman–Crippen LogP) is 7.42. The molecule has 0 saturated carbocycles. The van der Waals surface area contributed by atoms with Crippen molar-refractivity contribution in [3.63, 3.8) is 0 Å². The van der Waals surface area contributed by atoms with E-state index >= 15 is 0 Å². The zero-order chi connectivity index (χ0) is 35.3. The zero-order valence-corrected chi connectivity index (χ0v) is 28.5. The third-order valence-electron chi connectivity index (χ3n) is 7.52. The number of hydrogen-bond acceptors (Lipinski definition) is 4. The van der Waals surface area contributed by atoms with Crippen LogP contribution in [0.2, 0.25) is 5.02 Å². The first-order valence-corrected chi connectivity index (χ1v) is 16.9. The molecule has 4 rings (SSSR count). The maximum absolute atomic E-state index is 14.6. The lowest BCUT2D eigenvalue weighted by atomic mass is 10.00. The van der Waals surface area contributed by atoms with Crippen molar-refractivity contribution in [2.24, 2.45) is 0 Å². The van der Waals surface area contributed by atoms with E-state index in [-0.39, 0.29) is 17.9 Å². The van der Waals surface area contributed by atoms with E-state index in [0.29, 0.717) is 15.9 Å². The van der Waals surface area contributed by atoms with Gasteiger partial charge in [0.25, 0.3) is 10.0 Å². The number of carbonyl (C=O) groups is 2. The summed E-state index contributed by atoms with van der Waals surface area (Å²) in [6.07, 6.45) is -4.81. The smallest absolute Gasteiger partial charge is 0.350 e. The Morgan fingerprint density at radius 1 is 0.854 bits per heavy atom. The monoisotopic (exact) mass is 699 g/mol. The van der Waals surface area contributed by atoms with Crippen LogP contribution in [0, 0.1) is 6.92 Å². The fraction of sp³-hybridized carbons (Fsp3) is 0.278. The van der Waals surface area contributed by atoms with E-state index in [1.54, 1.807) is 51.1 Å².